The van der Waals surface area contributed by atoms with E-state index in [2.05, 4.69) is 0 Å². The summed E-state index contributed by atoms with van der Waals surface area (Å²) in [5.74, 6) is 0. The fourth-order valence-corrected chi connectivity index (χ4v) is 0. The molecule has 0 aliphatic carbocycles. The number of hydrogen-bond donors (Lipinski definition) is 5. The summed E-state index contributed by atoms with van der Waals surface area (Å²) in [6, 6.07) is 0. The van der Waals surface area contributed by atoms with Crippen molar-refractivity contribution in [3.8, 4) is 0 Å². The molecule has 9 heteroatoms. The van der Waals surface area contributed by atoms with E-state index in [9.17, 15) is 0 Å². The van der Waals surface area contributed by atoms with Crippen LogP contribution in [0.25, 0.3) is 0 Å². The molecule has 7 N–H and O–H groups in total. The molecule has 0 rings (SSSR count). The molecule has 0 spiro atoms. The normalized spacial score (nSPS) is 4.36. The molecule has 0 saturated carbocycles. The summed E-state index contributed by atoms with van der Waals surface area (Å²) >= 11 is 0. The molecule has 7 nitrogen and oxygen atoms in total. The molecule has 0 amide bonds. The van der Waals surface area contributed by atoms with Gasteiger partial charge >= 0.3 is 41.9 Å². The Labute approximate surface area is 95.0 Å². The van der Waals surface area contributed by atoms with Crippen molar-refractivity contribution in [3.05, 3.63) is 0 Å². The number of carbonyl (C=O) groups is 2. The number of hydrogen-bond acceptors (Lipinski definition) is 3. The van der Waals surface area contributed by atoms with Gasteiger partial charge in [0.25, 0.3) is 0 Å². The Morgan fingerprint density at radius 1 is 0.818 bits per heavy atom. The van der Waals surface area contributed by atoms with E-state index < -0.39 is 12.3 Å². The van der Waals surface area contributed by atoms with E-state index in [-0.39, 0.29) is 53.1 Å². The monoisotopic (exact) mass is 195 g/mol. The van der Waals surface area contributed by atoms with E-state index in [0.29, 0.717) is 0 Å². The predicted octanol–water partition coefficient (Wildman–Crippen LogP) is -1.23. The van der Waals surface area contributed by atoms with Crippen LogP contribution in [0.2, 0.25) is 0 Å². The minimum absolute atomic E-state index is 0. The van der Waals surface area contributed by atoms with Crippen molar-refractivity contribution in [2.24, 2.45) is 0 Å². The van der Waals surface area contributed by atoms with Crippen LogP contribution < -0.4 is 6.15 Å². The van der Waals surface area contributed by atoms with E-state index in [1.54, 1.807) is 0 Å². The van der Waals surface area contributed by atoms with Gasteiger partial charge in [0.2, 0.25) is 0 Å². The fraction of sp³-hybridized carbons (Fsp3) is 0. The molecule has 0 aromatic carbocycles. The van der Waals surface area contributed by atoms with E-state index in [1.807, 2.05) is 0 Å². The summed E-state index contributed by atoms with van der Waals surface area (Å²) in [6.45, 7) is 0. The van der Waals surface area contributed by atoms with Gasteiger partial charge in [0.05, 0.1) is 0 Å². The summed E-state index contributed by atoms with van der Waals surface area (Å²) in [6.07, 6.45) is -3.67. The molecule has 0 aromatic rings. The van der Waals surface area contributed by atoms with Gasteiger partial charge in [-0.1, -0.05) is 0 Å². The Balaban J connectivity index is -0.0000000171. The third kappa shape index (κ3) is 614000. The fourth-order valence-electron chi connectivity index (χ4n) is 0. The van der Waals surface area contributed by atoms with Gasteiger partial charge in [-0.2, -0.15) is 0 Å². The summed E-state index contributed by atoms with van der Waals surface area (Å²) in [4.78, 5) is 17.1. The Kier molecular flexibility index (Phi) is 62.4. The Morgan fingerprint density at radius 2 is 0.818 bits per heavy atom. The van der Waals surface area contributed by atoms with E-state index in [4.69, 9.17) is 30.0 Å². The SMILES string of the molecule is N.O=C(O)O.O=C(O)O.[AlH3].[NaH]. The van der Waals surface area contributed by atoms with Crippen LogP contribution in [0.3, 0.4) is 0 Å². The van der Waals surface area contributed by atoms with Crippen molar-refractivity contribution in [2.45, 2.75) is 0 Å². The van der Waals surface area contributed by atoms with Gasteiger partial charge in [-0.25, -0.2) is 9.59 Å². The molecule has 64 valence electrons. The molecule has 0 atom stereocenters. The van der Waals surface area contributed by atoms with Gasteiger partial charge in [-0.05, 0) is 0 Å². The molecule has 0 fully saturated rings. The van der Waals surface area contributed by atoms with Crippen LogP contribution in [0.15, 0.2) is 0 Å². The van der Waals surface area contributed by atoms with E-state index >= 15 is 0 Å². The van der Waals surface area contributed by atoms with Crippen LogP contribution >= 0.6 is 0 Å². The van der Waals surface area contributed by atoms with E-state index in [0.717, 1.165) is 0 Å². The molecular weight excluding hydrogens is 184 g/mol. The van der Waals surface area contributed by atoms with Crippen molar-refractivity contribution in [1.82, 2.24) is 6.15 Å². The molecule has 0 aromatic heterocycles. The van der Waals surface area contributed by atoms with Gasteiger partial charge in [-0.15, -0.1) is 0 Å². The summed E-state index contributed by atoms with van der Waals surface area (Å²) in [7, 11) is 0. The predicted molar refractivity (Wildman–Crippen MR) is 43.4 cm³/mol. The van der Waals surface area contributed by atoms with Gasteiger partial charge in [-0.3, -0.25) is 0 Å². The van der Waals surface area contributed by atoms with Gasteiger partial charge < -0.3 is 26.6 Å². The molecule has 0 bridgehead atoms. The Bertz CT molecular complexity index is 78.6. The average molecular weight is 195 g/mol. The second kappa shape index (κ2) is 22.5. The molecule has 0 aliphatic heterocycles. The van der Waals surface area contributed by atoms with Gasteiger partial charge in [0.15, 0.2) is 17.4 Å². The zero-order valence-corrected chi connectivity index (χ0v) is 4.31. The first-order valence-electron chi connectivity index (χ1n) is 1.30. The average Bonchev–Trinajstić information content (AvgIpc) is 1.25. The Morgan fingerprint density at radius 3 is 0.818 bits per heavy atom. The first kappa shape index (κ1) is 30.5. The molecule has 0 saturated heterocycles. The zero-order chi connectivity index (χ0) is 7.15. The van der Waals surface area contributed by atoms with Crippen molar-refractivity contribution < 1.29 is 30.0 Å². The maximum absolute atomic E-state index is 8.56. The van der Waals surface area contributed by atoms with Crippen molar-refractivity contribution in [3.63, 3.8) is 0 Å². The van der Waals surface area contributed by atoms with Crippen LogP contribution in [-0.4, -0.2) is 79.7 Å². The van der Waals surface area contributed by atoms with Crippen molar-refractivity contribution in [2.75, 3.05) is 0 Å². The molecule has 0 radical (unpaired) electrons. The summed E-state index contributed by atoms with van der Waals surface area (Å²) < 4.78 is 0. The van der Waals surface area contributed by atoms with Crippen molar-refractivity contribution in [1.29, 1.82) is 0 Å². The molecule has 11 heavy (non-hydrogen) atoms. The molecular formula is C2H11AlNNaO6. The van der Waals surface area contributed by atoms with Crippen LogP contribution in [0.4, 0.5) is 9.59 Å². The van der Waals surface area contributed by atoms with E-state index in [1.165, 1.54) is 0 Å². The maximum atomic E-state index is 8.56. The number of carboxylic acid groups (broad SMARTS) is 4. The summed E-state index contributed by atoms with van der Waals surface area (Å²) in [5.41, 5.74) is 0. The van der Waals surface area contributed by atoms with Gasteiger partial charge in [0.1, 0.15) is 0 Å². The first-order chi connectivity index (χ1) is 3.46. The minimum atomic E-state index is -1.83. The van der Waals surface area contributed by atoms with Crippen LogP contribution in [0.1, 0.15) is 0 Å². The quantitative estimate of drug-likeness (QED) is 0.303. The zero-order valence-electron chi connectivity index (χ0n) is 4.31. The van der Waals surface area contributed by atoms with Crippen molar-refractivity contribution >= 4 is 59.2 Å². The standard InChI is InChI=1S/2CH2O3.Al.H3N.Na.4H/c2*2-1(3)4;;;;;;;/h2*(H2,2,3,4);;1H3;;;;;. The third-order valence-electron chi connectivity index (χ3n) is 0. The van der Waals surface area contributed by atoms with Crippen LogP contribution in [0, 0.1) is 0 Å². The molecule has 0 unspecified atom stereocenters. The second-order valence-electron chi connectivity index (χ2n) is 0.565. The van der Waals surface area contributed by atoms with Crippen LogP contribution in [0.5, 0.6) is 0 Å². The Hall–Kier alpha value is 0.0325. The first-order valence-corrected chi connectivity index (χ1v) is 1.30. The van der Waals surface area contributed by atoms with Gasteiger partial charge in [0, 0.05) is 0 Å². The number of rotatable bonds is 0. The summed E-state index contributed by atoms with van der Waals surface area (Å²) in [5, 5.41) is 27.9. The molecule has 0 aliphatic rings. The topological polar surface area (TPSA) is 150 Å². The second-order valence-corrected chi connectivity index (χ2v) is 0.565. The van der Waals surface area contributed by atoms with Crippen LogP contribution in [-0.2, 0) is 0 Å². The molecule has 0 heterocycles. The third-order valence-corrected chi connectivity index (χ3v) is 0.